The van der Waals surface area contributed by atoms with E-state index in [1.165, 1.54) is 23.5 Å². The van der Waals surface area contributed by atoms with E-state index in [1.807, 2.05) is 26.0 Å². The quantitative estimate of drug-likeness (QED) is 0.381. The molecule has 0 aliphatic carbocycles. The first-order valence-corrected chi connectivity index (χ1v) is 10.8. The maximum atomic E-state index is 13.5. The maximum Gasteiger partial charge on any atom is 0.282 e. The number of amides is 1. The Bertz CT molecular complexity index is 1080. The monoisotopic (exact) mass is 426 g/mol. The molecule has 0 aliphatic rings. The molecule has 30 heavy (non-hydrogen) atoms. The summed E-state index contributed by atoms with van der Waals surface area (Å²) in [6.07, 6.45) is 0. The number of fused-ring (bicyclic) bond motifs is 1. The van der Waals surface area contributed by atoms with Gasteiger partial charge in [-0.15, -0.1) is 0 Å². The Morgan fingerprint density at radius 1 is 1.10 bits per heavy atom. The summed E-state index contributed by atoms with van der Waals surface area (Å²) >= 11 is 1.44. The normalized spacial score (nSPS) is 11.2. The number of anilines is 1. The number of rotatable bonds is 8. The number of para-hydroxylation sites is 1. The predicted molar refractivity (Wildman–Crippen MR) is 122 cm³/mol. The first-order chi connectivity index (χ1) is 14.4. The van der Waals surface area contributed by atoms with Crippen LogP contribution in [-0.4, -0.2) is 46.9 Å². The summed E-state index contributed by atoms with van der Waals surface area (Å²) < 4.78 is 0.997. The SMILES string of the molecule is CCN(CC)CCN(C(=O)c1ccccc1[N+](=O)[O-])c1nc2c(C)c(C)ccc2s1. The van der Waals surface area contributed by atoms with E-state index in [2.05, 4.69) is 18.7 Å². The lowest BCUT2D eigenvalue weighted by Gasteiger charge is -2.24. The molecule has 0 bridgehead atoms. The van der Waals surface area contributed by atoms with Crippen molar-refractivity contribution in [2.24, 2.45) is 0 Å². The lowest BCUT2D eigenvalue weighted by Crippen LogP contribution is -2.39. The van der Waals surface area contributed by atoms with Crippen LogP contribution in [0.25, 0.3) is 10.2 Å². The summed E-state index contributed by atoms with van der Waals surface area (Å²) in [5.41, 5.74) is 2.98. The van der Waals surface area contributed by atoms with Crippen LogP contribution in [0.1, 0.15) is 35.3 Å². The minimum atomic E-state index is -0.512. The molecular formula is C22H26N4O3S. The molecule has 8 heteroatoms. The maximum absolute atomic E-state index is 13.5. The highest BCUT2D eigenvalue weighted by molar-refractivity contribution is 7.22. The average molecular weight is 427 g/mol. The van der Waals surface area contributed by atoms with Gasteiger partial charge in [0.15, 0.2) is 5.13 Å². The number of aromatic nitrogens is 1. The van der Waals surface area contributed by atoms with Gasteiger partial charge in [-0.1, -0.05) is 43.4 Å². The molecule has 0 spiro atoms. The van der Waals surface area contributed by atoms with Crippen molar-refractivity contribution < 1.29 is 9.72 Å². The number of hydrogen-bond acceptors (Lipinski definition) is 6. The molecule has 1 heterocycles. The van der Waals surface area contributed by atoms with Crippen molar-refractivity contribution in [1.82, 2.24) is 9.88 Å². The van der Waals surface area contributed by atoms with Crippen LogP contribution < -0.4 is 4.90 Å². The zero-order chi connectivity index (χ0) is 21.8. The zero-order valence-corrected chi connectivity index (χ0v) is 18.5. The summed E-state index contributed by atoms with van der Waals surface area (Å²) in [7, 11) is 0. The smallest absolute Gasteiger partial charge is 0.282 e. The van der Waals surface area contributed by atoms with Crippen molar-refractivity contribution in [3.05, 3.63) is 63.2 Å². The molecule has 7 nitrogen and oxygen atoms in total. The molecule has 1 amide bonds. The summed E-state index contributed by atoms with van der Waals surface area (Å²) in [4.78, 5) is 33.0. The number of nitro benzene ring substituents is 1. The van der Waals surface area contributed by atoms with Crippen LogP contribution in [0, 0.1) is 24.0 Å². The number of aryl methyl sites for hydroxylation is 2. The van der Waals surface area contributed by atoms with Crippen molar-refractivity contribution >= 4 is 38.3 Å². The van der Waals surface area contributed by atoms with Crippen LogP contribution in [0.15, 0.2) is 36.4 Å². The Balaban J connectivity index is 2.06. The van der Waals surface area contributed by atoms with Gasteiger partial charge in [-0.05, 0) is 50.2 Å². The minimum Gasteiger partial charge on any atom is -0.302 e. The van der Waals surface area contributed by atoms with Crippen LogP contribution in [-0.2, 0) is 0 Å². The fourth-order valence-corrected chi connectivity index (χ4v) is 4.40. The van der Waals surface area contributed by atoms with Crippen molar-refractivity contribution in [1.29, 1.82) is 0 Å². The fourth-order valence-electron chi connectivity index (χ4n) is 3.35. The molecule has 0 fully saturated rings. The lowest BCUT2D eigenvalue weighted by molar-refractivity contribution is -0.385. The first kappa shape index (κ1) is 21.9. The molecule has 0 aliphatic heterocycles. The van der Waals surface area contributed by atoms with E-state index in [4.69, 9.17) is 4.98 Å². The second-order valence-electron chi connectivity index (χ2n) is 7.11. The highest BCUT2D eigenvalue weighted by Gasteiger charge is 2.27. The van der Waals surface area contributed by atoms with Crippen molar-refractivity contribution in [3.63, 3.8) is 0 Å². The minimum absolute atomic E-state index is 0.0780. The molecule has 0 unspecified atom stereocenters. The van der Waals surface area contributed by atoms with Gasteiger partial charge in [0.25, 0.3) is 11.6 Å². The second kappa shape index (κ2) is 9.32. The van der Waals surface area contributed by atoms with Crippen LogP contribution in [0.4, 0.5) is 10.8 Å². The first-order valence-electron chi connectivity index (χ1n) is 10.0. The van der Waals surface area contributed by atoms with Crippen molar-refractivity contribution in [3.8, 4) is 0 Å². The molecule has 3 rings (SSSR count). The molecule has 0 N–H and O–H groups in total. The van der Waals surface area contributed by atoms with E-state index in [9.17, 15) is 14.9 Å². The number of nitrogens with zero attached hydrogens (tertiary/aromatic N) is 4. The van der Waals surface area contributed by atoms with Gasteiger partial charge in [0.05, 0.1) is 15.1 Å². The molecule has 0 radical (unpaired) electrons. The summed E-state index contributed by atoms with van der Waals surface area (Å²) in [5.74, 6) is -0.400. The number of benzene rings is 2. The Morgan fingerprint density at radius 3 is 2.47 bits per heavy atom. The van der Waals surface area contributed by atoms with Crippen LogP contribution >= 0.6 is 11.3 Å². The molecule has 0 atom stereocenters. The van der Waals surface area contributed by atoms with Gasteiger partial charge in [0.1, 0.15) is 5.56 Å². The zero-order valence-electron chi connectivity index (χ0n) is 17.7. The van der Waals surface area contributed by atoms with Gasteiger partial charge in [-0.3, -0.25) is 19.8 Å². The molecule has 1 aromatic heterocycles. The van der Waals surface area contributed by atoms with E-state index in [1.54, 1.807) is 17.0 Å². The topological polar surface area (TPSA) is 79.6 Å². The van der Waals surface area contributed by atoms with Gasteiger partial charge in [-0.25, -0.2) is 4.98 Å². The highest BCUT2D eigenvalue weighted by Crippen LogP contribution is 2.33. The average Bonchev–Trinajstić information content (AvgIpc) is 3.18. The van der Waals surface area contributed by atoms with Gasteiger partial charge < -0.3 is 4.90 Å². The Morgan fingerprint density at radius 2 is 1.80 bits per heavy atom. The van der Waals surface area contributed by atoms with E-state index in [0.717, 1.165) is 34.4 Å². The Hall–Kier alpha value is -2.84. The number of carbonyl (C=O) groups excluding carboxylic acids is 1. The molecular weight excluding hydrogens is 400 g/mol. The fraction of sp³-hybridized carbons (Fsp3) is 0.364. The van der Waals surface area contributed by atoms with E-state index in [0.29, 0.717) is 18.2 Å². The number of thiazole rings is 1. The van der Waals surface area contributed by atoms with Crippen molar-refractivity contribution in [2.45, 2.75) is 27.7 Å². The molecule has 3 aromatic rings. The lowest BCUT2D eigenvalue weighted by atomic mass is 10.1. The summed E-state index contributed by atoms with van der Waals surface area (Å²) in [6.45, 7) is 11.0. The van der Waals surface area contributed by atoms with Gasteiger partial charge in [0.2, 0.25) is 0 Å². The molecule has 0 saturated carbocycles. The molecule has 2 aromatic carbocycles. The molecule has 0 saturated heterocycles. The third kappa shape index (κ3) is 4.34. The van der Waals surface area contributed by atoms with Gasteiger partial charge in [-0.2, -0.15) is 0 Å². The number of nitro groups is 1. The molecule has 158 valence electrons. The summed E-state index contributed by atoms with van der Waals surface area (Å²) in [5, 5.41) is 12.0. The Kier molecular flexibility index (Phi) is 6.79. The Labute approximate surface area is 180 Å². The third-order valence-electron chi connectivity index (χ3n) is 5.41. The third-order valence-corrected chi connectivity index (χ3v) is 6.46. The largest absolute Gasteiger partial charge is 0.302 e. The van der Waals surface area contributed by atoms with Crippen molar-refractivity contribution in [2.75, 3.05) is 31.1 Å². The van der Waals surface area contributed by atoms with E-state index in [-0.39, 0.29) is 11.3 Å². The highest BCUT2D eigenvalue weighted by atomic mass is 32.1. The van der Waals surface area contributed by atoms with Gasteiger partial charge in [0, 0.05) is 19.2 Å². The standard InChI is InChI=1S/C22H26N4O3S/c1-5-24(6-2)13-14-25(21(27)17-9-7-8-10-18(17)26(28)29)22-23-20-16(4)15(3)11-12-19(20)30-22/h7-12H,5-6,13-14H2,1-4H3. The van der Waals surface area contributed by atoms with Gasteiger partial charge >= 0.3 is 0 Å². The number of hydrogen-bond donors (Lipinski definition) is 0. The van der Waals surface area contributed by atoms with Crippen LogP contribution in [0.5, 0.6) is 0 Å². The van der Waals surface area contributed by atoms with Crippen LogP contribution in [0.2, 0.25) is 0 Å². The second-order valence-corrected chi connectivity index (χ2v) is 8.12. The number of likely N-dealkylation sites (N-methyl/N-ethyl adjacent to an activating group) is 1. The van der Waals surface area contributed by atoms with E-state index >= 15 is 0 Å². The predicted octanol–water partition coefficient (Wildman–Crippen LogP) is 4.81. The summed E-state index contributed by atoms with van der Waals surface area (Å²) in [6, 6.07) is 10.1. The van der Waals surface area contributed by atoms with Crippen LogP contribution in [0.3, 0.4) is 0 Å². The number of carbonyl (C=O) groups is 1. The van der Waals surface area contributed by atoms with E-state index < -0.39 is 10.8 Å².